The first-order chi connectivity index (χ1) is 8.43. The molecule has 2 atom stereocenters. The molecule has 0 aromatic carbocycles. The third-order valence-electron chi connectivity index (χ3n) is 4.30. The molecule has 4 N–H and O–H groups in total. The van der Waals surface area contributed by atoms with Crippen molar-refractivity contribution in [2.45, 2.75) is 37.3 Å². The Bertz CT molecular complexity index is 316. The highest BCUT2D eigenvalue weighted by atomic mass is 16.1. The molecule has 1 heterocycles. The molecule has 2 aliphatic rings. The van der Waals surface area contributed by atoms with Crippen molar-refractivity contribution in [1.29, 1.82) is 0 Å². The lowest BCUT2D eigenvalue weighted by atomic mass is 9.92. The van der Waals surface area contributed by atoms with Crippen molar-refractivity contribution in [3.05, 3.63) is 0 Å². The Balaban J connectivity index is 2.00. The second kappa shape index (κ2) is 5.15. The van der Waals surface area contributed by atoms with Gasteiger partial charge in [0.25, 0.3) is 0 Å². The van der Waals surface area contributed by atoms with Crippen molar-refractivity contribution in [2.75, 3.05) is 33.7 Å². The van der Waals surface area contributed by atoms with Gasteiger partial charge >= 0.3 is 0 Å². The third-order valence-corrected chi connectivity index (χ3v) is 4.30. The van der Waals surface area contributed by atoms with Gasteiger partial charge in [0, 0.05) is 19.1 Å². The smallest absolute Gasteiger partial charge is 0.239 e. The van der Waals surface area contributed by atoms with Crippen LogP contribution in [0, 0.1) is 5.92 Å². The van der Waals surface area contributed by atoms with Crippen molar-refractivity contribution in [3.8, 4) is 0 Å². The lowest BCUT2D eigenvalue weighted by Crippen LogP contribution is -2.61. The molecule has 1 saturated heterocycles. The number of hydrogen-bond donors (Lipinski definition) is 2. The average Bonchev–Trinajstić information content (AvgIpc) is 3.04. The largest absolute Gasteiger partial charge is 0.368 e. The van der Waals surface area contributed by atoms with Crippen molar-refractivity contribution in [3.63, 3.8) is 0 Å². The van der Waals surface area contributed by atoms with Crippen LogP contribution in [0.1, 0.15) is 25.7 Å². The average molecular weight is 254 g/mol. The zero-order valence-electron chi connectivity index (χ0n) is 11.6. The van der Waals surface area contributed by atoms with E-state index in [1.807, 2.05) is 0 Å². The Morgan fingerprint density at radius 3 is 2.56 bits per heavy atom. The molecule has 2 fully saturated rings. The second-order valence-corrected chi connectivity index (χ2v) is 6.21. The number of nitrogens with two attached hydrogens (primary N) is 2. The molecule has 1 amide bonds. The first-order valence-corrected chi connectivity index (χ1v) is 6.91. The summed E-state index contributed by atoms with van der Waals surface area (Å²) in [6.07, 6.45) is 4.48. The second-order valence-electron chi connectivity index (χ2n) is 6.21. The van der Waals surface area contributed by atoms with Crippen LogP contribution >= 0.6 is 0 Å². The van der Waals surface area contributed by atoms with Gasteiger partial charge in [-0.3, -0.25) is 9.69 Å². The quantitative estimate of drug-likeness (QED) is 0.676. The van der Waals surface area contributed by atoms with E-state index in [2.05, 4.69) is 23.9 Å². The molecule has 0 aromatic rings. The molecular weight excluding hydrogens is 228 g/mol. The van der Waals surface area contributed by atoms with Gasteiger partial charge in [0.2, 0.25) is 5.91 Å². The predicted molar refractivity (Wildman–Crippen MR) is 72.0 cm³/mol. The van der Waals surface area contributed by atoms with Crippen molar-refractivity contribution < 1.29 is 4.79 Å². The minimum absolute atomic E-state index is 0.301. The van der Waals surface area contributed by atoms with Crippen LogP contribution in [0.25, 0.3) is 0 Å². The first kappa shape index (κ1) is 13.8. The highest BCUT2D eigenvalue weighted by molar-refractivity contribution is 5.85. The van der Waals surface area contributed by atoms with Crippen LogP contribution < -0.4 is 11.5 Å². The lowest BCUT2D eigenvalue weighted by Gasteiger charge is -2.35. The van der Waals surface area contributed by atoms with E-state index in [1.54, 1.807) is 0 Å². The number of likely N-dealkylation sites (N-methyl/N-ethyl adjacent to an activating group) is 1. The number of carbonyl (C=O) groups is 1. The van der Waals surface area contributed by atoms with Crippen molar-refractivity contribution >= 4 is 5.91 Å². The van der Waals surface area contributed by atoms with E-state index >= 15 is 0 Å². The maximum absolute atomic E-state index is 11.7. The predicted octanol–water partition coefficient (Wildman–Crippen LogP) is -0.395. The van der Waals surface area contributed by atoms with Crippen LogP contribution in [-0.4, -0.2) is 61.0 Å². The first-order valence-electron chi connectivity index (χ1n) is 6.91. The summed E-state index contributed by atoms with van der Waals surface area (Å²) in [5.41, 5.74) is 11.0. The highest BCUT2D eigenvalue weighted by Gasteiger charge is 2.48. The molecule has 18 heavy (non-hydrogen) atoms. The van der Waals surface area contributed by atoms with Gasteiger partial charge in [0.15, 0.2) is 0 Å². The summed E-state index contributed by atoms with van der Waals surface area (Å²) in [6, 6.07) is 0.515. The SMILES string of the molecule is CN(C)CC1CCCN1CC(N)(C(N)=O)C1CC1. The molecule has 1 aliphatic heterocycles. The van der Waals surface area contributed by atoms with E-state index in [4.69, 9.17) is 11.5 Å². The molecule has 0 radical (unpaired) electrons. The maximum Gasteiger partial charge on any atom is 0.239 e. The van der Waals surface area contributed by atoms with Gasteiger partial charge < -0.3 is 16.4 Å². The Kier molecular flexibility index (Phi) is 3.94. The molecule has 1 aliphatic carbocycles. The zero-order chi connectivity index (χ0) is 13.3. The molecule has 0 aromatic heterocycles. The summed E-state index contributed by atoms with van der Waals surface area (Å²) in [5, 5.41) is 0. The van der Waals surface area contributed by atoms with E-state index in [1.165, 1.54) is 12.8 Å². The van der Waals surface area contributed by atoms with Gasteiger partial charge in [0.05, 0.1) is 0 Å². The molecule has 5 heteroatoms. The van der Waals surface area contributed by atoms with Crippen LogP contribution in [0.5, 0.6) is 0 Å². The summed E-state index contributed by atoms with van der Waals surface area (Å²) in [7, 11) is 4.17. The van der Waals surface area contributed by atoms with Gasteiger partial charge in [-0.05, 0) is 52.2 Å². The van der Waals surface area contributed by atoms with E-state index in [-0.39, 0.29) is 5.91 Å². The van der Waals surface area contributed by atoms with E-state index < -0.39 is 5.54 Å². The van der Waals surface area contributed by atoms with Crippen LogP contribution in [0.2, 0.25) is 0 Å². The van der Waals surface area contributed by atoms with Gasteiger partial charge in [-0.2, -0.15) is 0 Å². The Hall–Kier alpha value is -0.650. The summed E-state index contributed by atoms with van der Waals surface area (Å²) >= 11 is 0. The fourth-order valence-electron chi connectivity index (χ4n) is 3.07. The van der Waals surface area contributed by atoms with Crippen LogP contribution in [0.4, 0.5) is 0 Å². The number of likely N-dealkylation sites (tertiary alicyclic amines) is 1. The van der Waals surface area contributed by atoms with Crippen LogP contribution in [0.3, 0.4) is 0 Å². The van der Waals surface area contributed by atoms with E-state index in [9.17, 15) is 4.79 Å². The lowest BCUT2D eigenvalue weighted by molar-refractivity contribution is -0.124. The number of rotatable bonds is 6. The van der Waals surface area contributed by atoms with Gasteiger partial charge in [0.1, 0.15) is 5.54 Å². The summed E-state index contributed by atoms with van der Waals surface area (Å²) in [5.74, 6) is -0.0314. The number of amides is 1. The number of primary amides is 1. The molecule has 2 rings (SSSR count). The van der Waals surface area contributed by atoms with Crippen LogP contribution in [-0.2, 0) is 4.79 Å². The molecule has 2 unspecified atom stereocenters. The summed E-state index contributed by atoms with van der Waals surface area (Å²) in [6.45, 7) is 2.70. The van der Waals surface area contributed by atoms with Crippen LogP contribution in [0.15, 0.2) is 0 Å². The van der Waals surface area contributed by atoms with Crippen molar-refractivity contribution in [2.24, 2.45) is 17.4 Å². The summed E-state index contributed by atoms with van der Waals surface area (Å²) in [4.78, 5) is 16.2. The minimum Gasteiger partial charge on any atom is -0.368 e. The standard InChI is InChI=1S/C13H26N4O/c1-16(2)8-11-4-3-7-17(11)9-13(15,12(14)18)10-5-6-10/h10-11H,3-9,15H2,1-2H3,(H2,14,18). The molecule has 104 valence electrons. The minimum atomic E-state index is -0.811. The number of carbonyl (C=O) groups excluding carboxylic acids is 1. The Morgan fingerprint density at radius 2 is 2.06 bits per heavy atom. The van der Waals surface area contributed by atoms with Gasteiger partial charge in [-0.15, -0.1) is 0 Å². The highest BCUT2D eigenvalue weighted by Crippen LogP contribution is 2.39. The zero-order valence-corrected chi connectivity index (χ0v) is 11.6. The van der Waals surface area contributed by atoms with Crippen molar-refractivity contribution in [1.82, 2.24) is 9.80 Å². The number of nitrogens with zero attached hydrogens (tertiary/aromatic N) is 2. The van der Waals surface area contributed by atoms with Gasteiger partial charge in [-0.25, -0.2) is 0 Å². The Morgan fingerprint density at radius 1 is 1.39 bits per heavy atom. The molecular formula is C13H26N4O. The fraction of sp³-hybridized carbons (Fsp3) is 0.923. The van der Waals surface area contributed by atoms with E-state index in [0.29, 0.717) is 18.5 Å². The van der Waals surface area contributed by atoms with E-state index in [0.717, 1.165) is 25.9 Å². The Labute approximate surface area is 109 Å². The monoisotopic (exact) mass is 254 g/mol. The number of hydrogen-bond acceptors (Lipinski definition) is 4. The third kappa shape index (κ3) is 2.84. The molecule has 5 nitrogen and oxygen atoms in total. The van der Waals surface area contributed by atoms with Gasteiger partial charge in [-0.1, -0.05) is 0 Å². The summed E-state index contributed by atoms with van der Waals surface area (Å²) < 4.78 is 0. The molecule has 0 spiro atoms. The fourth-order valence-corrected chi connectivity index (χ4v) is 3.07. The maximum atomic E-state index is 11.7. The normalized spacial score (nSPS) is 28.6. The molecule has 0 bridgehead atoms. The molecule has 1 saturated carbocycles. The topological polar surface area (TPSA) is 75.6 Å².